The molecule has 5 nitrogen and oxygen atoms in total. The van der Waals surface area contributed by atoms with E-state index in [1.807, 2.05) is 54.6 Å². The summed E-state index contributed by atoms with van der Waals surface area (Å²) < 4.78 is 0. The fraction of sp³-hybridized carbons (Fsp3) is 0.100. The van der Waals surface area contributed by atoms with Gasteiger partial charge in [-0.15, -0.1) is 0 Å². The summed E-state index contributed by atoms with van der Waals surface area (Å²) in [6.45, 7) is 0. The van der Waals surface area contributed by atoms with E-state index in [-0.39, 0.29) is 5.56 Å². The first-order valence-corrected chi connectivity index (χ1v) is 8.20. The maximum atomic E-state index is 12.2. The minimum Gasteiger partial charge on any atom is -0.399 e. The molecule has 0 spiro atoms. The first-order chi connectivity index (χ1) is 12.2. The lowest BCUT2D eigenvalue weighted by atomic mass is 10.0. The predicted molar refractivity (Wildman–Crippen MR) is 102 cm³/mol. The highest BCUT2D eigenvalue weighted by Gasteiger charge is 2.14. The van der Waals surface area contributed by atoms with E-state index in [9.17, 15) is 4.79 Å². The third-order valence-corrected chi connectivity index (χ3v) is 4.40. The smallest absolute Gasteiger partial charge is 0.271 e. The highest BCUT2D eigenvalue weighted by atomic mass is 16.1. The minimum atomic E-state index is -0.113. The number of para-hydroxylation sites is 1. The molecule has 5 heteroatoms. The first-order valence-electron chi connectivity index (χ1n) is 8.20. The molecule has 0 amide bonds. The summed E-state index contributed by atoms with van der Waals surface area (Å²) in [6.07, 6.45) is 5.28. The second kappa shape index (κ2) is 6.28. The van der Waals surface area contributed by atoms with E-state index in [2.05, 4.69) is 15.2 Å². The summed E-state index contributed by atoms with van der Waals surface area (Å²) in [5.41, 5.74) is 12.0. The minimum absolute atomic E-state index is 0.113. The number of aliphatic imine (C=N–C) groups is 1. The Morgan fingerprint density at radius 2 is 1.80 bits per heavy atom. The van der Waals surface area contributed by atoms with Crippen LogP contribution in [0.25, 0.3) is 11.6 Å². The molecule has 0 saturated carbocycles. The Kier molecular flexibility index (Phi) is 3.82. The number of nitrogens with one attached hydrogen (secondary N) is 2. The quantitative estimate of drug-likeness (QED) is 0.641. The van der Waals surface area contributed by atoms with E-state index in [0.29, 0.717) is 5.56 Å². The molecule has 1 aliphatic rings. The van der Waals surface area contributed by atoms with Crippen molar-refractivity contribution in [2.45, 2.75) is 12.8 Å². The molecule has 1 aromatic heterocycles. The van der Waals surface area contributed by atoms with Gasteiger partial charge < -0.3 is 10.8 Å². The molecule has 1 aliphatic heterocycles. The number of aromatic nitrogens is 2. The summed E-state index contributed by atoms with van der Waals surface area (Å²) in [7, 11) is 0. The molecular weight excluding hydrogens is 312 g/mol. The van der Waals surface area contributed by atoms with Gasteiger partial charge in [-0.25, -0.2) is 0 Å². The number of anilines is 1. The average Bonchev–Trinajstić information content (AvgIpc) is 3.20. The summed E-state index contributed by atoms with van der Waals surface area (Å²) in [4.78, 5) is 16.6. The number of allylic oxidation sites excluding steroid dienone is 1. The van der Waals surface area contributed by atoms with Crippen LogP contribution in [0.4, 0.5) is 11.4 Å². The summed E-state index contributed by atoms with van der Waals surface area (Å²) in [6, 6.07) is 15.7. The van der Waals surface area contributed by atoms with Crippen molar-refractivity contribution < 1.29 is 0 Å². The molecule has 0 saturated heterocycles. The largest absolute Gasteiger partial charge is 0.399 e. The maximum absolute atomic E-state index is 12.2. The number of hydrogen-bond acceptors (Lipinski definition) is 3. The topological polar surface area (TPSA) is 87.0 Å². The maximum Gasteiger partial charge on any atom is 0.271 e. The second-order valence-corrected chi connectivity index (χ2v) is 6.09. The van der Waals surface area contributed by atoms with Gasteiger partial charge in [-0.2, -0.15) is 0 Å². The van der Waals surface area contributed by atoms with Gasteiger partial charge >= 0.3 is 0 Å². The second-order valence-electron chi connectivity index (χ2n) is 6.09. The number of aryl methyl sites for hydroxylation is 2. The lowest BCUT2D eigenvalue weighted by Gasteiger charge is -2.03. The Bertz CT molecular complexity index is 1020. The van der Waals surface area contributed by atoms with Crippen molar-refractivity contribution in [1.82, 2.24) is 10.2 Å². The van der Waals surface area contributed by atoms with Gasteiger partial charge in [-0.1, -0.05) is 30.3 Å². The van der Waals surface area contributed by atoms with Crippen molar-refractivity contribution in [3.8, 4) is 0 Å². The van der Waals surface area contributed by atoms with Crippen LogP contribution in [0, 0.1) is 0 Å². The van der Waals surface area contributed by atoms with Crippen LogP contribution < -0.4 is 11.3 Å². The molecule has 25 heavy (non-hydrogen) atoms. The number of hydrogen-bond donors (Lipinski definition) is 3. The van der Waals surface area contributed by atoms with Gasteiger partial charge in [0.15, 0.2) is 0 Å². The predicted octanol–water partition coefficient (Wildman–Crippen LogP) is 3.33. The third-order valence-electron chi connectivity index (χ3n) is 4.40. The van der Waals surface area contributed by atoms with Gasteiger partial charge in [-0.3, -0.25) is 14.9 Å². The molecule has 4 rings (SSSR count). The summed E-state index contributed by atoms with van der Waals surface area (Å²) >= 11 is 0. The number of nitrogens with zero attached hydrogens (tertiary/aromatic N) is 1. The molecule has 2 heterocycles. The van der Waals surface area contributed by atoms with E-state index in [1.54, 1.807) is 6.21 Å². The third kappa shape index (κ3) is 3.04. The Morgan fingerprint density at radius 3 is 2.64 bits per heavy atom. The molecule has 3 aromatic rings. The Morgan fingerprint density at radius 1 is 1.00 bits per heavy atom. The van der Waals surface area contributed by atoms with Gasteiger partial charge in [0.05, 0.1) is 11.3 Å². The van der Waals surface area contributed by atoms with Crippen molar-refractivity contribution in [2.24, 2.45) is 4.99 Å². The number of nitrogen functional groups attached to an aromatic ring is 1. The van der Waals surface area contributed by atoms with Crippen LogP contribution in [0.15, 0.2) is 58.3 Å². The number of benzene rings is 2. The van der Waals surface area contributed by atoms with Gasteiger partial charge in [0, 0.05) is 28.7 Å². The Hall–Kier alpha value is -3.34. The Balaban J connectivity index is 1.61. The molecule has 4 N–H and O–H groups in total. The van der Waals surface area contributed by atoms with Crippen molar-refractivity contribution >= 4 is 29.2 Å². The van der Waals surface area contributed by atoms with Crippen LogP contribution in [-0.4, -0.2) is 16.4 Å². The normalized spacial score (nSPS) is 14.2. The zero-order valence-electron chi connectivity index (χ0n) is 13.6. The fourth-order valence-electron chi connectivity index (χ4n) is 3.02. The number of fused-ring (bicyclic) bond motifs is 1. The van der Waals surface area contributed by atoms with Crippen LogP contribution >= 0.6 is 0 Å². The summed E-state index contributed by atoms with van der Waals surface area (Å²) in [5, 5.41) is 5.69. The molecule has 0 bridgehead atoms. The van der Waals surface area contributed by atoms with E-state index < -0.39 is 0 Å². The average molecular weight is 330 g/mol. The van der Waals surface area contributed by atoms with Crippen molar-refractivity contribution in [3.63, 3.8) is 0 Å². The molecule has 0 aliphatic carbocycles. The highest BCUT2D eigenvalue weighted by molar-refractivity contribution is 6.21. The molecule has 0 atom stereocenters. The summed E-state index contributed by atoms with van der Waals surface area (Å²) in [5.74, 6) is 0. The van der Waals surface area contributed by atoms with Gasteiger partial charge in [0.1, 0.15) is 0 Å². The first kappa shape index (κ1) is 15.2. The highest BCUT2D eigenvalue weighted by Crippen LogP contribution is 2.32. The Labute approximate surface area is 144 Å². The molecule has 2 aromatic carbocycles. The molecule has 0 fully saturated rings. The SMILES string of the molecule is Nc1ccc(CCc2[nH][nH]c(=O)c2C=C2C=Nc3ccccc32)cc1. The van der Waals surface area contributed by atoms with Crippen LogP contribution in [0.1, 0.15) is 22.4 Å². The lowest BCUT2D eigenvalue weighted by Crippen LogP contribution is -2.03. The monoisotopic (exact) mass is 330 g/mol. The fourth-order valence-corrected chi connectivity index (χ4v) is 3.02. The van der Waals surface area contributed by atoms with E-state index in [4.69, 9.17) is 5.73 Å². The number of H-pyrrole nitrogens is 2. The number of aromatic amines is 2. The zero-order valence-corrected chi connectivity index (χ0v) is 13.6. The molecular formula is C20H18N4O. The van der Waals surface area contributed by atoms with E-state index >= 15 is 0 Å². The standard InChI is InChI=1S/C20H18N4O/c21-15-8-5-13(6-9-15)7-10-19-17(20(25)24-23-19)11-14-12-22-18-4-2-1-3-16(14)18/h1-6,8-9,11-12H,7,10,21H2,(H2,23,24,25). The van der Waals surface area contributed by atoms with Gasteiger partial charge in [0.2, 0.25) is 0 Å². The van der Waals surface area contributed by atoms with Crippen LogP contribution in [0.5, 0.6) is 0 Å². The van der Waals surface area contributed by atoms with Crippen molar-refractivity contribution in [2.75, 3.05) is 5.73 Å². The molecule has 0 unspecified atom stereocenters. The van der Waals surface area contributed by atoms with Crippen LogP contribution in [0.3, 0.4) is 0 Å². The number of rotatable bonds is 4. The van der Waals surface area contributed by atoms with E-state index in [0.717, 1.165) is 41.0 Å². The van der Waals surface area contributed by atoms with Gasteiger partial charge in [0.25, 0.3) is 5.56 Å². The van der Waals surface area contributed by atoms with Crippen LogP contribution in [0.2, 0.25) is 0 Å². The van der Waals surface area contributed by atoms with Crippen molar-refractivity contribution in [1.29, 1.82) is 0 Å². The number of nitrogens with two attached hydrogens (primary N) is 1. The van der Waals surface area contributed by atoms with Crippen molar-refractivity contribution in [3.05, 3.63) is 81.3 Å². The molecule has 0 radical (unpaired) electrons. The van der Waals surface area contributed by atoms with E-state index in [1.165, 1.54) is 5.56 Å². The zero-order chi connectivity index (χ0) is 17.2. The lowest BCUT2D eigenvalue weighted by molar-refractivity contribution is 0.889. The molecule has 124 valence electrons. The van der Waals surface area contributed by atoms with Gasteiger partial charge in [-0.05, 0) is 42.7 Å². The van der Waals surface area contributed by atoms with Crippen LogP contribution in [-0.2, 0) is 12.8 Å².